The van der Waals surface area contributed by atoms with E-state index in [0.717, 1.165) is 37.0 Å². The summed E-state index contributed by atoms with van der Waals surface area (Å²) < 4.78 is 0. The average Bonchev–Trinajstić information content (AvgIpc) is 3.03. The van der Waals surface area contributed by atoms with Crippen molar-refractivity contribution in [2.24, 2.45) is 46.3 Å². The van der Waals surface area contributed by atoms with Crippen LogP contribution in [0, 0.1) is 46.3 Å². The average molecular weight is 395 g/mol. The number of carbonyl (C=O) groups is 1. The van der Waals surface area contributed by atoms with Crippen LogP contribution in [0.4, 0.5) is 0 Å². The molecule has 29 heavy (non-hydrogen) atoms. The van der Waals surface area contributed by atoms with E-state index in [1.807, 2.05) is 0 Å². The van der Waals surface area contributed by atoms with Gasteiger partial charge in [-0.3, -0.25) is 4.79 Å². The van der Waals surface area contributed by atoms with Crippen molar-refractivity contribution in [2.75, 3.05) is 0 Å². The van der Waals surface area contributed by atoms with Crippen LogP contribution < -0.4 is 0 Å². The minimum atomic E-state index is -0.123. The summed E-state index contributed by atoms with van der Waals surface area (Å²) in [6.45, 7) is 5.02. The van der Waals surface area contributed by atoms with Crippen LogP contribution in [-0.4, -0.2) is 17.0 Å². The predicted molar refractivity (Wildman–Crippen MR) is 115 cm³/mol. The summed E-state index contributed by atoms with van der Waals surface area (Å²) >= 11 is 0. The summed E-state index contributed by atoms with van der Waals surface area (Å²) in [7, 11) is 0. The Hall–Kier alpha value is -0.890. The van der Waals surface area contributed by atoms with Gasteiger partial charge in [0.2, 0.25) is 0 Å². The highest BCUT2D eigenvalue weighted by Gasteiger charge is 2.64. The van der Waals surface area contributed by atoms with E-state index in [1.165, 1.54) is 56.9 Å². The van der Waals surface area contributed by atoms with Crippen LogP contribution in [0.1, 0.15) is 84.5 Å². The van der Waals surface area contributed by atoms with E-state index in [2.05, 4.69) is 26.0 Å². The number of carbonyl (C=O) groups excluding carboxylic acids is 1. The van der Waals surface area contributed by atoms with Gasteiger partial charge in [0.1, 0.15) is 0 Å². The molecule has 6 aliphatic carbocycles. The van der Waals surface area contributed by atoms with Gasteiger partial charge in [0.15, 0.2) is 5.78 Å². The number of rotatable bonds is 0. The van der Waals surface area contributed by atoms with Crippen molar-refractivity contribution >= 4 is 5.78 Å². The fourth-order valence-corrected chi connectivity index (χ4v) is 9.68. The minimum absolute atomic E-state index is 0.123. The Bertz CT molecular complexity index is 792. The Morgan fingerprint density at radius 1 is 1.03 bits per heavy atom. The van der Waals surface area contributed by atoms with E-state index in [-0.39, 0.29) is 11.5 Å². The Morgan fingerprint density at radius 2 is 1.90 bits per heavy atom. The third-order valence-corrected chi connectivity index (χ3v) is 11.0. The smallest absolute Gasteiger partial charge is 0.159 e. The number of ketones is 1. The molecule has 0 radical (unpaired) electrons. The molecule has 2 heteroatoms. The quantitative estimate of drug-likeness (QED) is 0.523. The molecule has 0 heterocycles. The molecule has 0 aromatic rings. The Labute approximate surface area is 176 Å². The van der Waals surface area contributed by atoms with Gasteiger partial charge in [-0.25, -0.2) is 0 Å². The third-order valence-electron chi connectivity index (χ3n) is 11.0. The molecule has 2 nitrogen and oxygen atoms in total. The maximum absolute atomic E-state index is 13.4. The number of fused-ring (bicyclic) bond motifs is 9. The second kappa shape index (κ2) is 6.31. The molecule has 0 aromatic carbocycles. The van der Waals surface area contributed by atoms with Crippen molar-refractivity contribution in [1.29, 1.82) is 0 Å². The lowest BCUT2D eigenvalue weighted by Gasteiger charge is -2.58. The molecular weight excluding hydrogens is 356 g/mol. The van der Waals surface area contributed by atoms with Crippen LogP contribution in [0.15, 0.2) is 23.3 Å². The number of hydrogen-bond donors (Lipinski definition) is 1. The molecule has 0 spiro atoms. The van der Waals surface area contributed by atoms with Gasteiger partial charge in [0, 0.05) is 5.92 Å². The molecule has 0 aliphatic heterocycles. The lowest BCUT2D eigenvalue weighted by molar-refractivity contribution is -0.128. The van der Waals surface area contributed by atoms with E-state index in [9.17, 15) is 9.90 Å². The molecular formula is C27H38O2. The summed E-state index contributed by atoms with van der Waals surface area (Å²) in [6.07, 6.45) is 17.8. The Morgan fingerprint density at radius 3 is 2.76 bits per heavy atom. The lowest BCUT2D eigenvalue weighted by atomic mass is 9.47. The monoisotopic (exact) mass is 394 g/mol. The molecule has 6 rings (SSSR count). The highest BCUT2D eigenvalue weighted by atomic mass is 16.3. The van der Waals surface area contributed by atoms with Gasteiger partial charge in [-0.05, 0) is 111 Å². The van der Waals surface area contributed by atoms with Gasteiger partial charge in [-0.2, -0.15) is 0 Å². The van der Waals surface area contributed by atoms with Gasteiger partial charge in [-0.1, -0.05) is 37.5 Å². The van der Waals surface area contributed by atoms with Crippen molar-refractivity contribution in [1.82, 2.24) is 0 Å². The number of aliphatic hydroxyl groups excluding tert-OH is 1. The van der Waals surface area contributed by atoms with Gasteiger partial charge < -0.3 is 5.11 Å². The standard InChI is InChI=1S/C27H38O2/c1-26-11-9-18(28)14-17(26)7-8-20-22(26)10-12-27(2)23(20)15-21-19-6-4-3-5-16(19)13-24(29)25(21)27/h7,13,18-23,25,28H,3-6,8-12,14-15H2,1-2H3/t18-,19?,20+,21?,22-,23-,25?,26-,27-/m0/s1. The first-order valence-corrected chi connectivity index (χ1v) is 12.5. The second-order valence-corrected chi connectivity index (χ2v) is 12.1. The van der Waals surface area contributed by atoms with Crippen molar-refractivity contribution in [3.8, 4) is 0 Å². The zero-order valence-corrected chi connectivity index (χ0v) is 18.3. The fourth-order valence-electron chi connectivity index (χ4n) is 9.68. The molecule has 158 valence electrons. The van der Waals surface area contributed by atoms with E-state index in [1.54, 1.807) is 5.57 Å². The van der Waals surface area contributed by atoms with E-state index in [4.69, 9.17) is 0 Å². The first kappa shape index (κ1) is 18.8. The number of hydrogen-bond acceptors (Lipinski definition) is 2. The van der Waals surface area contributed by atoms with Crippen molar-refractivity contribution in [3.63, 3.8) is 0 Å². The largest absolute Gasteiger partial charge is 0.393 e. The molecule has 0 bridgehead atoms. The van der Waals surface area contributed by atoms with E-state index >= 15 is 0 Å². The Balaban J connectivity index is 1.36. The topological polar surface area (TPSA) is 37.3 Å². The number of allylic oxidation sites excluding steroid dienone is 3. The van der Waals surface area contributed by atoms with Crippen LogP contribution in [0.2, 0.25) is 0 Å². The van der Waals surface area contributed by atoms with Crippen molar-refractivity contribution in [3.05, 3.63) is 23.3 Å². The van der Waals surface area contributed by atoms with Crippen LogP contribution in [0.5, 0.6) is 0 Å². The van der Waals surface area contributed by atoms with Crippen molar-refractivity contribution in [2.45, 2.75) is 90.6 Å². The zero-order chi connectivity index (χ0) is 20.0. The molecule has 6 aliphatic rings. The molecule has 0 aromatic heterocycles. The summed E-state index contributed by atoms with van der Waals surface area (Å²) in [5.74, 6) is 4.37. The van der Waals surface area contributed by atoms with E-state index < -0.39 is 0 Å². The summed E-state index contributed by atoms with van der Waals surface area (Å²) in [5.41, 5.74) is 3.59. The maximum atomic E-state index is 13.4. The summed E-state index contributed by atoms with van der Waals surface area (Å²) in [5, 5.41) is 10.2. The normalized spacial score (nSPS) is 53.6. The zero-order valence-electron chi connectivity index (χ0n) is 18.3. The first-order chi connectivity index (χ1) is 13.9. The molecule has 9 atom stereocenters. The van der Waals surface area contributed by atoms with Crippen molar-refractivity contribution < 1.29 is 9.90 Å². The predicted octanol–water partition coefficient (Wildman–Crippen LogP) is 5.85. The number of aliphatic hydroxyl groups is 1. The third kappa shape index (κ3) is 2.47. The molecule has 0 amide bonds. The highest BCUT2D eigenvalue weighted by Crippen LogP contribution is 2.69. The second-order valence-electron chi connectivity index (χ2n) is 12.1. The molecule has 4 saturated carbocycles. The van der Waals surface area contributed by atoms with Gasteiger partial charge >= 0.3 is 0 Å². The molecule has 3 unspecified atom stereocenters. The summed E-state index contributed by atoms with van der Waals surface area (Å²) in [4.78, 5) is 13.4. The minimum Gasteiger partial charge on any atom is -0.393 e. The Kier molecular flexibility index (Phi) is 4.10. The van der Waals surface area contributed by atoms with Crippen LogP contribution in [0.3, 0.4) is 0 Å². The lowest BCUT2D eigenvalue weighted by Crippen LogP contribution is -2.51. The molecule has 0 saturated heterocycles. The van der Waals surface area contributed by atoms with Crippen LogP contribution >= 0.6 is 0 Å². The molecule has 1 N–H and O–H groups in total. The first-order valence-electron chi connectivity index (χ1n) is 12.5. The maximum Gasteiger partial charge on any atom is 0.159 e. The van der Waals surface area contributed by atoms with Gasteiger partial charge in [0.05, 0.1) is 6.10 Å². The van der Waals surface area contributed by atoms with Crippen LogP contribution in [-0.2, 0) is 4.79 Å². The summed E-state index contributed by atoms with van der Waals surface area (Å²) in [6, 6.07) is 0. The van der Waals surface area contributed by atoms with Gasteiger partial charge in [-0.15, -0.1) is 0 Å². The van der Waals surface area contributed by atoms with Gasteiger partial charge in [0.25, 0.3) is 0 Å². The molecule has 4 fully saturated rings. The fraction of sp³-hybridized carbons (Fsp3) is 0.815. The SMILES string of the molecule is C[C@]12CC[C@H](O)CC1=CC[C@@H]1[C@@H]2CC[C@]2(C)C3C(=O)C=C4CCCCC4C3C[C@@H]12. The highest BCUT2D eigenvalue weighted by molar-refractivity contribution is 5.94. The van der Waals surface area contributed by atoms with E-state index in [0.29, 0.717) is 29.0 Å². The van der Waals surface area contributed by atoms with Crippen LogP contribution in [0.25, 0.3) is 0 Å².